The number of anilines is 2. The molecule has 1 saturated heterocycles. The van der Waals surface area contributed by atoms with Gasteiger partial charge in [0.1, 0.15) is 5.82 Å². The molecule has 2 aromatic carbocycles. The summed E-state index contributed by atoms with van der Waals surface area (Å²) in [5.41, 5.74) is -1.82. The molecule has 0 radical (unpaired) electrons. The number of hydrogen-bond donors (Lipinski definition) is 2. The molecule has 3 rings (SSSR count). The summed E-state index contributed by atoms with van der Waals surface area (Å²) in [6.45, 7) is -0.296. The topological polar surface area (TPSA) is 73.3 Å². The van der Waals surface area contributed by atoms with Crippen molar-refractivity contribution in [2.24, 2.45) is 0 Å². The largest absolute Gasteiger partial charge is 0.417 e. The number of benzene rings is 2. The Morgan fingerprint density at radius 3 is 2.47 bits per heavy atom. The van der Waals surface area contributed by atoms with Crippen LogP contribution >= 0.6 is 11.6 Å². The second-order valence-corrected chi connectivity index (χ2v) is 10.5. The predicted molar refractivity (Wildman–Crippen MR) is 117 cm³/mol. The van der Waals surface area contributed by atoms with Gasteiger partial charge in [0.2, 0.25) is 5.92 Å². The van der Waals surface area contributed by atoms with Gasteiger partial charge in [0.25, 0.3) is 5.91 Å². The minimum Gasteiger partial charge on any atom is -0.371 e. The van der Waals surface area contributed by atoms with E-state index in [1.54, 1.807) is 0 Å². The van der Waals surface area contributed by atoms with Crippen molar-refractivity contribution in [3.8, 4) is 0 Å². The van der Waals surface area contributed by atoms with Crippen LogP contribution in [0.4, 0.5) is 37.7 Å². The van der Waals surface area contributed by atoms with Crippen molar-refractivity contribution in [3.63, 3.8) is 0 Å². The molecule has 0 saturated carbocycles. The van der Waals surface area contributed by atoms with Crippen LogP contribution in [0.5, 0.6) is 0 Å². The fraction of sp³-hybridized carbons (Fsp3) is 0.381. The van der Waals surface area contributed by atoms with Gasteiger partial charge in [-0.15, -0.1) is 0 Å². The number of carbonyl (C=O) groups is 1. The first-order chi connectivity index (χ1) is 15.6. The monoisotopic (exact) mass is 527 g/mol. The summed E-state index contributed by atoms with van der Waals surface area (Å²) in [6, 6.07) is 4.45. The van der Waals surface area contributed by atoms with E-state index in [0.717, 1.165) is 30.5 Å². The molecule has 13 heteroatoms. The zero-order valence-electron chi connectivity index (χ0n) is 17.7. The Balaban J connectivity index is 2.05. The third-order valence-corrected chi connectivity index (χ3v) is 6.77. The summed E-state index contributed by atoms with van der Waals surface area (Å²) in [4.78, 5) is 13.8. The molecule has 1 heterocycles. The molecule has 186 valence electrons. The van der Waals surface area contributed by atoms with Crippen molar-refractivity contribution in [2.75, 3.05) is 29.6 Å². The Kier molecular flexibility index (Phi) is 7.14. The lowest BCUT2D eigenvalue weighted by Crippen LogP contribution is -2.29. The lowest BCUT2D eigenvalue weighted by atomic mass is 10.1. The SMILES string of the molecule is C[S@@](=N)(=O)c1cc(NC(=O)c2cc(Cl)c(C(F)(F)F)cc2N2CCCC(F)(F)CC2)ccc1F. The van der Waals surface area contributed by atoms with Crippen molar-refractivity contribution in [3.05, 3.63) is 52.3 Å². The van der Waals surface area contributed by atoms with Gasteiger partial charge in [-0.25, -0.2) is 22.2 Å². The smallest absolute Gasteiger partial charge is 0.371 e. The van der Waals surface area contributed by atoms with Crippen LogP contribution in [-0.4, -0.2) is 35.4 Å². The lowest BCUT2D eigenvalue weighted by Gasteiger charge is -2.27. The molecule has 0 aromatic heterocycles. The fourth-order valence-corrected chi connectivity index (χ4v) is 4.67. The molecule has 2 aromatic rings. The van der Waals surface area contributed by atoms with Gasteiger partial charge in [-0.1, -0.05) is 11.6 Å². The maximum absolute atomic E-state index is 13.9. The molecule has 0 spiro atoms. The fourth-order valence-electron chi connectivity index (χ4n) is 3.61. The van der Waals surface area contributed by atoms with E-state index in [-0.39, 0.29) is 36.4 Å². The summed E-state index contributed by atoms with van der Waals surface area (Å²) < 4.78 is 102. The van der Waals surface area contributed by atoms with Crippen molar-refractivity contribution in [1.82, 2.24) is 0 Å². The molecule has 1 atom stereocenters. The molecule has 1 amide bonds. The molecule has 5 nitrogen and oxygen atoms in total. The minimum atomic E-state index is -4.85. The van der Waals surface area contributed by atoms with Gasteiger partial charge in [-0.05, 0) is 36.8 Å². The first-order valence-electron chi connectivity index (χ1n) is 9.97. The number of hydrogen-bond acceptors (Lipinski definition) is 4. The summed E-state index contributed by atoms with van der Waals surface area (Å²) in [7, 11) is -3.48. The van der Waals surface area contributed by atoms with Crippen LogP contribution in [0, 0.1) is 10.6 Å². The Labute approximate surface area is 197 Å². The molecule has 0 bridgehead atoms. The number of halogens is 7. The van der Waals surface area contributed by atoms with E-state index in [4.69, 9.17) is 16.4 Å². The van der Waals surface area contributed by atoms with E-state index in [9.17, 15) is 35.3 Å². The molecule has 0 unspecified atom stereocenters. The van der Waals surface area contributed by atoms with E-state index in [1.165, 1.54) is 4.90 Å². The normalized spacial score (nSPS) is 18.2. The van der Waals surface area contributed by atoms with Crippen molar-refractivity contribution in [1.29, 1.82) is 4.78 Å². The van der Waals surface area contributed by atoms with Crippen LogP contribution < -0.4 is 10.2 Å². The maximum atomic E-state index is 13.9. The molecule has 1 fully saturated rings. The molecular weight excluding hydrogens is 508 g/mol. The van der Waals surface area contributed by atoms with E-state index in [1.807, 2.05) is 0 Å². The van der Waals surface area contributed by atoms with Gasteiger partial charge < -0.3 is 10.2 Å². The van der Waals surface area contributed by atoms with Crippen LogP contribution in [0.2, 0.25) is 5.02 Å². The van der Waals surface area contributed by atoms with Crippen LogP contribution in [0.15, 0.2) is 35.2 Å². The third kappa shape index (κ3) is 5.96. The lowest BCUT2D eigenvalue weighted by molar-refractivity contribution is -0.137. The molecular formula is C21H20ClF6N3O2S. The van der Waals surface area contributed by atoms with E-state index in [2.05, 4.69) is 5.32 Å². The van der Waals surface area contributed by atoms with Crippen LogP contribution in [0.3, 0.4) is 0 Å². The van der Waals surface area contributed by atoms with E-state index >= 15 is 0 Å². The highest BCUT2D eigenvalue weighted by molar-refractivity contribution is 7.91. The summed E-state index contributed by atoms with van der Waals surface area (Å²) in [5, 5.41) is 1.61. The Morgan fingerprint density at radius 1 is 1.18 bits per heavy atom. The molecule has 1 aliphatic rings. The highest BCUT2D eigenvalue weighted by atomic mass is 35.5. The number of rotatable bonds is 4. The average molecular weight is 528 g/mol. The molecule has 2 N–H and O–H groups in total. The van der Waals surface area contributed by atoms with Crippen LogP contribution in [0.1, 0.15) is 35.2 Å². The van der Waals surface area contributed by atoms with Gasteiger partial charge in [-0.3, -0.25) is 4.79 Å². The standard InChI is InChI=1S/C21H20ClF6N3O2S/c1-34(29,33)18-9-12(3-4-16(18)23)30-19(32)13-10-15(22)14(21(26,27)28)11-17(13)31-7-2-5-20(24,25)6-8-31/h3-4,9-11,29H,2,5-8H2,1H3,(H,30,32)/t34-/m1/s1. The van der Waals surface area contributed by atoms with Crippen molar-refractivity contribution < 1.29 is 35.3 Å². The first-order valence-corrected chi connectivity index (χ1v) is 12.3. The summed E-state index contributed by atoms with van der Waals surface area (Å²) >= 11 is 5.80. The van der Waals surface area contributed by atoms with Gasteiger partial charge in [0.05, 0.1) is 36.5 Å². The molecule has 0 aliphatic carbocycles. The maximum Gasteiger partial charge on any atom is 0.417 e. The molecule has 34 heavy (non-hydrogen) atoms. The zero-order valence-corrected chi connectivity index (χ0v) is 19.3. The third-order valence-electron chi connectivity index (χ3n) is 5.30. The summed E-state index contributed by atoms with van der Waals surface area (Å²) in [5.74, 6) is -4.85. The second kappa shape index (κ2) is 9.29. The van der Waals surface area contributed by atoms with Gasteiger partial charge >= 0.3 is 6.18 Å². The van der Waals surface area contributed by atoms with Gasteiger partial charge in [0, 0.05) is 37.9 Å². The minimum absolute atomic E-state index is 0.00623. The number of nitrogens with one attached hydrogen (secondary N) is 2. The number of carbonyl (C=O) groups excluding carboxylic acids is 1. The Hall–Kier alpha value is -2.47. The van der Waals surface area contributed by atoms with E-state index in [0.29, 0.717) is 6.07 Å². The van der Waals surface area contributed by atoms with E-state index < -0.39 is 61.9 Å². The second-order valence-electron chi connectivity index (χ2n) is 7.99. The molecule has 1 aliphatic heterocycles. The number of alkyl halides is 5. The predicted octanol–water partition coefficient (Wildman–Crippen LogP) is 6.41. The van der Waals surface area contributed by atoms with Crippen molar-refractivity contribution in [2.45, 2.75) is 36.3 Å². The number of nitrogens with zero attached hydrogens (tertiary/aromatic N) is 1. The zero-order chi connectivity index (χ0) is 25.5. The van der Waals surface area contributed by atoms with Crippen LogP contribution in [0.25, 0.3) is 0 Å². The van der Waals surface area contributed by atoms with Crippen LogP contribution in [-0.2, 0) is 15.9 Å². The van der Waals surface area contributed by atoms with Gasteiger partial charge in [-0.2, -0.15) is 13.2 Å². The highest BCUT2D eigenvalue weighted by Gasteiger charge is 2.37. The Bertz CT molecular complexity index is 1220. The highest BCUT2D eigenvalue weighted by Crippen LogP contribution is 2.40. The first kappa shape index (κ1) is 26.1. The van der Waals surface area contributed by atoms with Gasteiger partial charge in [0.15, 0.2) is 0 Å². The average Bonchev–Trinajstić information content (AvgIpc) is 2.88. The summed E-state index contributed by atoms with van der Waals surface area (Å²) in [6.07, 6.45) is -4.91. The van der Waals surface area contributed by atoms with Crippen molar-refractivity contribution >= 4 is 38.6 Å². The Morgan fingerprint density at radius 2 is 1.85 bits per heavy atom. The quantitative estimate of drug-likeness (QED) is 0.451. The number of amides is 1.